The monoisotopic (exact) mass is 356 g/mol. The van der Waals surface area contributed by atoms with Gasteiger partial charge in [-0.25, -0.2) is 0 Å². The Morgan fingerprint density at radius 1 is 1.11 bits per heavy atom. The summed E-state index contributed by atoms with van der Waals surface area (Å²) in [4.78, 5) is 0. The molecule has 0 saturated carbocycles. The maximum atomic E-state index is 2.41. The second kappa shape index (κ2) is 8.15. The normalized spacial score (nSPS) is 17.8. The van der Waals surface area contributed by atoms with Crippen LogP contribution in [0.5, 0.6) is 0 Å². The van der Waals surface area contributed by atoms with E-state index in [1.807, 2.05) is 0 Å². The zero-order valence-corrected chi connectivity index (χ0v) is 13.2. The third-order valence-corrected chi connectivity index (χ3v) is 6.74. The summed E-state index contributed by atoms with van der Waals surface area (Å²) in [5, 5.41) is 0. The number of rotatable bonds is 2. The fourth-order valence-corrected chi connectivity index (χ4v) is 5.67. The van der Waals surface area contributed by atoms with Crippen molar-refractivity contribution in [2.75, 3.05) is 0 Å². The Kier molecular flexibility index (Phi) is 8.11. The Bertz CT molecular complexity index is 475. The van der Waals surface area contributed by atoms with Crippen LogP contribution in [0, 0.1) is 0 Å². The molecule has 1 aromatic carbocycles. The minimum atomic E-state index is -0.427. The molecule has 0 bridgehead atoms. The molecular formula is C15H16Cl2Zr. The van der Waals surface area contributed by atoms with Gasteiger partial charge in [0.15, 0.2) is 0 Å². The Hall–Kier alpha value is -0.0969. The van der Waals surface area contributed by atoms with Gasteiger partial charge in [-0.1, -0.05) is 7.43 Å². The van der Waals surface area contributed by atoms with Crippen molar-refractivity contribution in [1.82, 2.24) is 0 Å². The zero-order valence-electron chi connectivity index (χ0n) is 9.24. The van der Waals surface area contributed by atoms with Crippen molar-refractivity contribution < 1.29 is 48.0 Å². The van der Waals surface area contributed by atoms with Crippen LogP contribution in [0.4, 0.5) is 0 Å². The molecule has 0 nitrogen and oxygen atoms in total. The first kappa shape index (κ1) is 17.9. The summed E-state index contributed by atoms with van der Waals surface area (Å²) >= 11 is -0.427. The standard InChI is InChI=1S/C9H7.C5H5.CH4.2ClH.Zr/c1-2-5-9-7-3-6-8(9)4-1;1-2-4-5-3-1;;;;/h1-7H;1-3H,4H2;1H4;2*1H;/q;;;;;+2/p-2. The fraction of sp³-hybridized carbons (Fsp3) is 0.200. The molecule has 0 amide bonds. The second-order valence-electron chi connectivity index (χ2n) is 3.93. The average molecular weight is 358 g/mol. The van der Waals surface area contributed by atoms with Gasteiger partial charge < -0.3 is 24.8 Å². The first-order chi connectivity index (χ1) is 7.43. The predicted molar refractivity (Wildman–Crippen MR) is 66.8 cm³/mol. The van der Waals surface area contributed by atoms with E-state index in [0.29, 0.717) is 0 Å². The second-order valence-corrected chi connectivity index (χ2v) is 7.75. The van der Waals surface area contributed by atoms with Crippen molar-refractivity contribution in [3.63, 3.8) is 0 Å². The molecule has 0 heterocycles. The maximum Gasteiger partial charge on any atom is -1.00 e. The van der Waals surface area contributed by atoms with Gasteiger partial charge in [-0.3, -0.25) is 0 Å². The van der Waals surface area contributed by atoms with Gasteiger partial charge in [0.2, 0.25) is 0 Å². The van der Waals surface area contributed by atoms with Crippen LogP contribution >= 0.6 is 0 Å². The SMILES string of the molecule is C.C1=CC[C]([Zr+2][CH]2C=Cc3ccccc32)=C1.[Cl-].[Cl-]. The topological polar surface area (TPSA) is 0 Å². The van der Waals surface area contributed by atoms with Crippen molar-refractivity contribution in [1.29, 1.82) is 0 Å². The number of benzene rings is 1. The summed E-state index contributed by atoms with van der Waals surface area (Å²) in [7, 11) is 0. The van der Waals surface area contributed by atoms with E-state index >= 15 is 0 Å². The number of fused-ring (bicyclic) bond motifs is 1. The predicted octanol–water partition coefficient (Wildman–Crippen LogP) is -1.68. The molecule has 0 N–H and O–H groups in total. The van der Waals surface area contributed by atoms with Crippen molar-refractivity contribution in [2.45, 2.75) is 17.5 Å². The van der Waals surface area contributed by atoms with Crippen molar-refractivity contribution in [3.05, 3.63) is 63.0 Å². The van der Waals surface area contributed by atoms with E-state index in [-0.39, 0.29) is 32.2 Å². The Balaban J connectivity index is 0.000000963. The van der Waals surface area contributed by atoms with E-state index in [9.17, 15) is 0 Å². The summed E-state index contributed by atoms with van der Waals surface area (Å²) in [6.45, 7) is 0. The van der Waals surface area contributed by atoms with E-state index < -0.39 is 23.2 Å². The molecule has 94 valence electrons. The summed E-state index contributed by atoms with van der Waals surface area (Å²) in [5.41, 5.74) is 3.01. The Labute approximate surface area is 134 Å². The summed E-state index contributed by atoms with van der Waals surface area (Å²) in [6.07, 6.45) is 12.8. The van der Waals surface area contributed by atoms with Crippen LogP contribution in [0.15, 0.2) is 51.9 Å². The molecule has 0 aliphatic heterocycles. The first-order valence-electron chi connectivity index (χ1n) is 5.33. The average Bonchev–Trinajstić information content (AvgIpc) is 2.89. The van der Waals surface area contributed by atoms with E-state index in [1.54, 1.807) is 8.84 Å². The molecule has 3 rings (SSSR count). The van der Waals surface area contributed by atoms with Crippen LogP contribution in [-0.4, -0.2) is 0 Å². The van der Waals surface area contributed by atoms with Crippen LogP contribution < -0.4 is 24.8 Å². The van der Waals surface area contributed by atoms with Crippen molar-refractivity contribution >= 4 is 6.08 Å². The molecule has 0 aromatic heterocycles. The molecule has 1 aromatic rings. The van der Waals surface area contributed by atoms with Crippen LogP contribution in [0.25, 0.3) is 6.08 Å². The number of hydrogen-bond acceptors (Lipinski definition) is 0. The molecular weight excluding hydrogens is 342 g/mol. The summed E-state index contributed by atoms with van der Waals surface area (Å²) < 4.78 is 2.50. The van der Waals surface area contributed by atoms with Gasteiger partial charge in [-0.2, -0.15) is 0 Å². The zero-order chi connectivity index (χ0) is 10.1. The van der Waals surface area contributed by atoms with Crippen molar-refractivity contribution in [3.8, 4) is 0 Å². The third-order valence-electron chi connectivity index (χ3n) is 2.91. The Morgan fingerprint density at radius 2 is 1.89 bits per heavy atom. The molecule has 18 heavy (non-hydrogen) atoms. The molecule has 0 saturated heterocycles. The van der Waals surface area contributed by atoms with Gasteiger partial charge >= 0.3 is 102 Å². The van der Waals surface area contributed by atoms with Gasteiger partial charge in [0.25, 0.3) is 0 Å². The molecule has 0 radical (unpaired) electrons. The van der Waals surface area contributed by atoms with E-state index in [4.69, 9.17) is 0 Å². The maximum absolute atomic E-state index is 2.41. The first-order valence-corrected chi connectivity index (χ1v) is 7.98. The number of halogens is 2. The van der Waals surface area contributed by atoms with Crippen LogP contribution in [-0.2, 0) is 23.2 Å². The minimum absolute atomic E-state index is 0. The molecule has 1 unspecified atom stereocenters. The molecule has 3 heteroatoms. The van der Waals surface area contributed by atoms with Crippen LogP contribution in [0.2, 0.25) is 0 Å². The quantitative estimate of drug-likeness (QED) is 0.593. The van der Waals surface area contributed by atoms with Gasteiger partial charge in [0.05, 0.1) is 0 Å². The van der Waals surface area contributed by atoms with Crippen LogP contribution in [0.1, 0.15) is 28.6 Å². The fourth-order valence-electron chi connectivity index (χ4n) is 2.13. The molecule has 2 aliphatic carbocycles. The summed E-state index contributed by atoms with van der Waals surface area (Å²) in [5.74, 6) is 0. The molecule has 0 spiro atoms. The van der Waals surface area contributed by atoms with Gasteiger partial charge in [-0.15, -0.1) is 0 Å². The molecule has 1 atom stereocenters. The van der Waals surface area contributed by atoms with Gasteiger partial charge in [0, 0.05) is 0 Å². The largest absolute Gasteiger partial charge is 1.00 e. The molecule has 0 fully saturated rings. The summed E-state index contributed by atoms with van der Waals surface area (Å²) in [6, 6.07) is 8.82. The van der Waals surface area contributed by atoms with Crippen molar-refractivity contribution in [2.24, 2.45) is 0 Å². The molecule has 2 aliphatic rings. The van der Waals surface area contributed by atoms with E-state index in [1.165, 1.54) is 12.0 Å². The van der Waals surface area contributed by atoms with E-state index in [0.717, 1.165) is 3.63 Å². The third kappa shape index (κ3) is 3.70. The number of hydrogen-bond donors (Lipinski definition) is 0. The van der Waals surface area contributed by atoms with E-state index in [2.05, 4.69) is 54.6 Å². The number of allylic oxidation sites excluding steroid dienone is 5. The Morgan fingerprint density at radius 3 is 2.61 bits per heavy atom. The smallest absolute Gasteiger partial charge is 1.00 e. The minimum Gasteiger partial charge on any atom is -1.00 e. The van der Waals surface area contributed by atoms with Gasteiger partial charge in [0.1, 0.15) is 0 Å². The van der Waals surface area contributed by atoms with Gasteiger partial charge in [-0.05, 0) is 0 Å². The van der Waals surface area contributed by atoms with Crippen LogP contribution in [0.3, 0.4) is 0 Å².